The van der Waals surface area contributed by atoms with Gasteiger partial charge in [0.1, 0.15) is 11.6 Å². The normalized spacial score (nSPS) is 16.6. The molecule has 1 fully saturated rings. The van der Waals surface area contributed by atoms with Crippen LogP contribution >= 0.6 is 0 Å². The fourth-order valence-electron chi connectivity index (χ4n) is 2.49. The van der Waals surface area contributed by atoms with Crippen LogP contribution in [0.2, 0.25) is 0 Å². The summed E-state index contributed by atoms with van der Waals surface area (Å²) in [6, 6.07) is 5.36. The molecule has 0 spiro atoms. The molecule has 0 radical (unpaired) electrons. The Kier molecular flexibility index (Phi) is 3.22. The number of carbonyl (C=O) groups excluding carboxylic acids is 1. The summed E-state index contributed by atoms with van der Waals surface area (Å²) < 4.78 is 5.56. The van der Waals surface area contributed by atoms with Crippen LogP contribution in [0.15, 0.2) is 22.6 Å². The summed E-state index contributed by atoms with van der Waals surface area (Å²) >= 11 is 0. The Morgan fingerprint density at radius 1 is 1.45 bits per heavy atom. The van der Waals surface area contributed by atoms with Crippen molar-refractivity contribution < 1.29 is 9.21 Å². The van der Waals surface area contributed by atoms with Gasteiger partial charge in [-0.3, -0.25) is 4.79 Å². The number of nitrogen functional groups attached to an aromatic ring is 1. The Morgan fingerprint density at radius 2 is 2.20 bits per heavy atom. The van der Waals surface area contributed by atoms with Gasteiger partial charge in [-0.2, -0.15) is 4.98 Å². The molecule has 20 heavy (non-hydrogen) atoms. The first-order valence-corrected chi connectivity index (χ1v) is 6.85. The Morgan fingerprint density at radius 3 is 2.90 bits per heavy atom. The number of oxazole rings is 1. The lowest BCUT2D eigenvalue weighted by atomic mass is 10.3. The molecule has 0 aliphatic carbocycles. The molecule has 6 heteroatoms. The number of benzene rings is 1. The van der Waals surface area contributed by atoms with E-state index in [9.17, 15) is 4.79 Å². The number of nitrogens with two attached hydrogens (primary N) is 1. The van der Waals surface area contributed by atoms with Crippen LogP contribution in [0, 0.1) is 0 Å². The zero-order chi connectivity index (χ0) is 14.1. The number of anilines is 2. The minimum Gasteiger partial charge on any atom is -0.423 e. The molecule has 1 amide bonds. The molecule has 0 bridgehead atoms. The standard InChI is InChI=1S/C14H18N4O2/c1-9(13(19)18-7-2-3-8-18)16-14-17-12-10(15)5-4-6-11(12)20-14/h4-6,9H,2-3,7-8,15H2,1H3,(H,16,17). The van der Waals surface area contributed by atoms with Gasteiger partial charge in [-0.05, 0) is 31.9 Å². The van der Waals surface area contributed by atoms with Crippen molar-refractivity contribution in [3.05, 3.63) is 18.2 Å². The first-order valence-electron chi connectivity index (χ1n) is 6.85. The summed E-state index contributed by atoms with van der Waals surface area (Å²) in [7, 11) is 0. The first-order chi connectivity index (χ1) is 9.65. The van der Waals surface area contributed by atoms with Gasteiger partial charge in [0.25, 0.3) is 6.01 Å². The van der Waals surface area contributed by atoms with Crippen LogP contribution < -0.4 is 11.1 Å². The van der Waals surface area contributed by atoms with E-state index in [1.165, 1.54) is 0 Å². The van der Waals surface area contributed by atoms with E-state index in [0.29, 0.717) is 22.8 Å². The number of aromatic nitrogens is 1. The van der Waals surface area contributed by atoms with Crippen LogP contribution in [0.4, 0.5) is 11.7 Å². The summed E-state index contributed by atoms with van der Waals surface area (Å²) in [6.07, 6.45) is 2.16. The molecule has 1 aliphatic rings. The number of carbonyl (C=O) groups is 1. The number of rotatable bonds is 3. The van der Waals surface area contributed by atoms with Gasteiger partial charge in [0.05, 0.1) is 5.69 Å². The average molecular weight is 274 g/mol. The van der Waals surface area contributed by atoms with Gasteiger partial charge >= 0.3 is 0 Å². The maximum atomic E-state index is 12.2. The predicted octanol–water partition coefficient (Wildman–Crippen LogP) is 1.83. The van der Waals surface area contributed by atoms with E-state index in [-0.39, 0.29) is 11.9 Å². The van der Waals surface area contributed by atoms with E-state index in [1.807, 2.05) is 17.9 Å². The zero-order valence-corrected chi connectivity index (χ0v) is 11.4. The monoisotopic (exact) mass is 274 g/mol. The smallest absolute Gasteiger partial charge is 0.296 e. The molecule has 1 atom stereocenters. The zero-order valence-electron chi connectivity index (χ0n) is 11.4. The highest BCUT2D eigenvalue weighted by Crippen LogP contribution is 2.24. The van der Waals surface area contributed by atoms with E-state index in [2.05, 4.69) is 10.3 Å². The second kappa shape index (κ2) is 5.03. The molecule has 1 aromatic heterocycles. The number of para-hydroxylation sites is 1. The fourth-order valence-corrected chi connectivity index (χ4v) is 2.49. The lowest BCUT2D eigenvalue weighted by Gasteiger charge is -2.20. The van der Waals surface area contributed by atoms with E-state index in [0.717, 1.165) is 25.9 Å². The third kappa shape index (κ3) is 2.29. The molecule has 1 saturated heterocycles. The van der Waals surface area contributed by atoms with Gasteiger partial charge in [-0.1, -0.05) is 6.07 Å². The average Bonchev–Trinajstić information content (AvgIpc) is 3.06. The summed E-state index contributed by atoms with van der Waals surface area (Å²) in [5.74, 6) is 0.0812. The number of hydrogen-bond donors (Lipinski definition) is 2. The highest BCUT2D eigenvalue weighted by atomic mass is 16.4. The number of amides is 1. The van der Waals surface area contributed by atoms with Gasteiger partial charge in [0.15, 0.2) is 5.58 Å². The van der Waals surface area contributed by atoms with Crippen molar-refractivity contribution in [3.63, 3.8) is 0 Å². The minimum absolute atomic E-state index is 0.0812. The van der Waals surface area contributed by atoms with E-state index in [4.69, 9.17) is 10.2 Å². The van der Waals surface area contributed by atoms with Crippen molar-refractivity contribution in [3.8, 4) is 0 Å². The summed E-state index contributed by atoms with van der Waals surface area (Å²) in [5, 5.41) is 3.01. The van der Waals surface area contributed by atoms with Gasteiger partial charge in [-0.25, -0.2) is 0 Å². The second-order valence-electron chi connectivity index (χ2n) is 5.11. The van der Waals surface area contributed by atoms with Gasteiger partial charge < -0.3 is 20.4 Å². The van der Waals surface area contributed by atoms with Crippen molar-refractivity contribution in [2.24, 2.45) is 0 Å². The molecule has 1 aliphatic heterocycles. The molecular weight excluding hydrogens is 256 g/mol. The maximum Gasteiger partial charge on any atom is 0.296 e. The number of fused-ring (bicyclic) bond motifs is 1. The largest absolute Gasteiger partial charge is 0.423 e. The molecular formula is C14H18N4O2. The van der Waals surface area contributed by atoms with Crippen molar-refractivity contribution in [1.29, 1.82) is 0 Å². The molecule has 2 heterocycles. The minimum atomic E-state index is -0.359. The Labute approximate surface area is 116 Å². The number of nitrogens with zero attached hydrogens (tertiary/aromatic N) is 2. The summed E-state index contributed by atoms with van der Waals surface area (Å²) in [4.78, 5) is 18.4. The van der Waals surface area contributed by atoms with Crippen LogP contribution in [0.5, 0.6) is 0 Å². The van der Waals surface area contributed by atoms with Crippen molar-refractivity contribution in [2.75, 3.05) is 24.1 Å². The Balaban J connectivity index is 1.75. The van der Waals surface area contributed by atoms with Gasteiger partial charge in [0.2, 0.25) is 5.91 Å². The van der Waals surface area contributed by atoms with Crippen molar-refractivity contribution >= 4 is 28.7 Å². The molecule has 0 saturated carbocycles. The fraction of sp³-hybridized carbons (Fsp3) is 0.429. The highest BCUT2D eigenvalue weighted by Gasteiger charge is 2.24. The lowest BCUT2D eigenvalue weighted by molar-refractivity contribution is -0.130. The van der Waals surface area contributed by atoms with Crippen LogP contribution in [0.3, 0.4) is 0 Å². The van der Waals surface area contributed by atoms with Crippen LogP contribution in [-0.4, -0.2) is 34.9 Å². The third-order valence-corrected chi connectivity index (χ3v) is 3.58. The molecule has 2 aromatic rings. The van der Waals surface area contributed by atoms with Gasteiger partial charge in [0, 0.05) is 13.1 Å². The van der Waals surface area contributed by atoms with Crippen LogP contribution in [0.1, 0.15) is 19.8 Å². The van der Waals surface area contributed by atoms with E-state index in [1.54, 1.807) is 12.1 Å². The van der Waals surface area contributed by atoms with Crippen LogP contribution in [-0.2, 0) is 4.79 Å². The predicted molar refractivity (Wildman–Crippen MR) is 77.3 cm³/mol. The quantitative estimate of drug-likeness (QED) is 0.834. The number of likely N-dealkylation sites (tertiary alicyclic amines) is 1. The highest BCUT2D eigenvalue weighted by molar-refractivity contribution is 5.87. The van der Waals surface area contributed by atoms with Crippen LogP contribution in [0.25, 0.3) is 11.1 Å². The molecule has 1 unspecified atom stereocenters. The molecule has 3 rings (SSSR count). The third-order valence-electron chi connectivity index (χ3n) is 3.58. The molecule has 3 N–H and O–H groups in total. The first kappa shape index (κ1) is 12.8. The van der Waals surface area contributed by atoms with E-state index < -0.39 is 0 Å². The molecule has 106 valence electrons. The summed E-state index contributed by atoms with van der Waals surface area (Å²) in [6.45, 7) is 3.50. The van der Waals surface area contributed by atoms with Crippen molar-refractivity contribution in [2.45, 2.75) is 25.8 Å². The second-order valence-corrected chi connectivity index (χ2v) is 5.11. The summed E-state index contributed by atoms with van der Waals surface area (Å²) in [5.41, 5.74) is 7.64. The maximum absolute atomic E-state index is 12.2. The Bertz CT molecular complexity index is 631. The van der Waals surface area contributed by atoms with E-state index >= 15 is 0 Å². The number of hydrogen-bond acceptors (Lipinski definition) is 5. The SMILES string of the molecule is CC(Nc1nc2c(N)cccc2o1)C(=O)N1CCCC1. The molecule has 1 aromatic carbocycles. The topological polar surface area (TPSA) is 84.4 Å². The lowest BCUT2D eigenvalue weighted by Crippen LogP contribution is -2.39. The van der Waals surface area contributed by atoms with Crippen molar-refractivity contribution in [1.82, 2.24) is 9.88 Å². The van der Waals surface area contributed by atoms with Gasteiger partial charge in [-0.15, -0.1) is 0 Å². The molecule has 6 nitrogen and oxygen atoms in total. The number of nitrogens with one attached hydrogen (secondary N) is 1. The Hall–Kier alpha value is -2.24.